The molecule has 2 unspecified atom stereocenters. The van der Waals surface area contributed by atoms with Crippen LogP contribution in [0.15, 0.2) is 36.7 Å². The van der Waals surface area contributed by atoms with Gasteiger partial charge in [-0.2, -0.15) is 0 Å². The van der Waals surface area contributed by atoms with E-state index in [1.165, 1.54) is 0 Å². The van der Waals surface area contributed by atoms with E-state index in [4.69, 9.17) is 15.2 Å². The molecule has 1 aliphatic rings. The van der Waals surface area contributed by atoms with Gasteiger partial charge in [0.2, 0.25) is 0 Å². The van der Waals surface area contributed by atoms with E-state index in [0.717, 1.165) is 17.3 Å². The second-order valence-corrected chi connectivity index (χ2v) is 4.34. The Morgan fingerprint density at radius 3 is 2.89 bits per heavy atom. The Balaban J connectivity index is 1.82. The number of nitrogens with zero attached hydrogens (tertiary/aromatic N) is 2. The number of aromatic nitrogens is 2. The first-order valence-electron chi connectivity index (χ1n) is 5.87. The Morgan fingerprint density at radius 2 is 2.17 bits per heavy atom. The number of hydrogen-bond donors (Lipinski definition) is 1. The fraction of sp³-hybridized carbons (Fsp3) is 0.308. The number of fused-ring (bicyclic) bond motifs is 1. The smallest absolute Gasteiger partial charge is 0.161 e. The average Bonchev–Trinajstić information content (AvgIpc) is 2.83. The van der Waals surface area contributed by atoms with Crippen molar-refractivity contribution in [2.75, 3.05) is 6.61 Å². The lowest BCUT2D eigenvalue weighted by atomic mass is 10.1. The van der Waals surface area contributed by atoms with Crippen LogP contribution >= 0.6 is 0 Å². The van der Waals surface area contributed by atoms with Gasteiger partial charge in [-0.1, -0.05) is 12.1 Å². The summed E-state index contributed by atoms with van der Waals surface area (Å²) in [6.45, 7) is 0.436. The van der Waals surface area contributed by atoms with Crippen molar-refractivity contribution in [2.45, 2.75) is 12.1 Å². The Kier molecular flexibility index (Phi) is 2.68. The zero-order valence-electron chi connectivity index (χ0n) is 10.1. The number of nitrogens with two attached hydrogens (primary N) is 1. The van der Waals surface area contributed by atoms with Gasteiger partial charge < -0.3 is 19.8 Å². The van der Waals surface area contributed by atoms with E-state index in [-0.39, 0.29) is 12.1 Å². The topological polar surface area (TPSA) is 62.3 Å². The molecule has 0 radical (unpaired) electrons. The van der Waals surface area contributed by atoms with Crippen molar-refractivity contribution < 1.29 is 9.47 Å². The van der Waals surface area contributed by atoms with E-state index >= 15 is 0 Å². The van der Waals surface area contributed by atoms with E-state index < -0.39 is 0 Å². The van der Waals surface area contributed by atoms with Crippen LogP contribution in [0, 0.1) is 0 Å². The van der Waals surface area contributed by atoms with Crippen LogP contribution < -0.4 is 15.2 Å². The van der Waals surface area contributed by atoms with Gasteiger partial charge in [-0.25, -0.2) is 4.98 Å². The molecule has 94 valence electrons. The second-order valence-electron chi connectivity index (χ2n) is 4.34. The molecule has 1 aromatic carbocycles. The molecular weight excluding hydrogens is 230 g/mol. The van der Waals surface area contributed by atoms with Crippen molar-refractivity contribution in [3.63, 3.8) is 0 Å². The Hall–Kier alpha value is -2.01. The summed E-state index contributed by atoms with van der Waals surface area (Å²) in [6, 6.07) is 7.29. The Labute approximate surface area is 105 Å². The number of imidazole rings is 1. The third-order valence-corrected chi connectivity index (χ3v) is 3.09. The fourth-order valence-electron chi connectivity index (χ4n) is 2.08. The zero-order chi connectivity index (χ0) is 12.5. The summed E-state index contributed by atoms with van der Waals surface area (Å²) in [5.41, 5.74) is 6.18. The van der Waals surface area contributed by atoms with E-state index in [1.807, 2.05) is 42.1 Å². The number of rotatable bonds is 2. The van der Waals surface area contributed by atoms with Gasteiger partial charge in [-0.05, 0) is 12.1 Å². The number of para-hydroxylation sites is 2. The van der Waals surface area contributed by atoms with Gasteiger partial charge in [-0.15, -0.1) is 0 Å². The van der Waals surface area contributed by atoms with Crippen LogP contribution in [0.4, 0.5) is 0 Å². The predicted octanol–water partition coefficient (Wildman–Crippen LogP) is 1.26. The number of ether oxygens (including phenoxy) is 2. The molecule has 0 amide bonds. The first kappa shape index (κ1) is 11.1. The molecule has 2 heterocycles. The van der Waals surface area contributed by atoms with Crippen LogP contribution in [0.5, 0.6) is 11.5 Å². The number of hydrogen-bond acceptors (Lipinski definition) is 4. The lowest BCUT2D eigenvalue weighted by molar-refractivity contribution is 0.0694. The van der Waals surface area contributed by atoms with E-state index in [9.17, 15) is 0 Å². The van der Waals surface area contributed by atoms with Crippen molar-refractivity contribution in [3.8, 4) is 11.5 Å². The minimum atomic E-state index is -0.307. The molecule has 1 aliphatic heterocycles. The van der Waals surface area contributed by atoms with E-state index in [1.54, 1.807) is 6.20 Å². The molecule has 0 spiro atoms. The molecule has 0 aliphatic carbocycles. The average molecular weight is 245 g/mol. The highest BCUT2D eigenvalue weighted by atomic mass is 16.6. The first-order valence-corrected chi connectivity index (χ1v) is 5.87. The summed E-state index contributed by atoms with van der Waals surface area (Å²) >= 11 is 0. The molecule has 0 saturated heterocycles. The summed E-state index contributed by atoms with van der Waals surface area (Å²) in [6.07, 6.45) is 3.38. The summed E-state index contributed by atoms with van der Waals surface area (Å²) < 4.78 is 13.4. The highest BCUT2D eigenvalue weighted by Crippen LogP contribution is 2.33. The molecule has 3 rings (SSSR count). The third-order valence-electron chi connectivity index (χ3n) is 3.09. The van der Waals surface area contributed by atoms with Gasteiger partial charge >= 0.3 is 0 Å². The van der Waals surface area contributed by atoms with Gasteiger partial charge in [-0.3, -0.25) is 0 Å². The van der Waals surface area contributed by atoms with Crippen LogP contribution in [0.1, 0.15) is 11.9 Å². The molecule has 5 nitrogen and oxygen atoms in total. The van der Waals surface area contributed by atoms with Gasteiger partial charge in [0.05, 0.1) is 0 Å². The zero-order valence-corrected chi connectivity index (χ0v) is 10.1. The van der Waals surface area contributed by atoms with Crippen molar-refractivity contribution in [2.24, 2.45) is 12.8 Å². The molecule has 0 bridgehead atoms. The molecular formula is C13H15N3O2. The predicted molar refractivity (Wildman–Crippen MR) is 66.5 cm³/mol. The molecule has 0 saturated carbocycles. The first-order chi connectivity index (χ1) is 8.75. The monoisotopic (exact) mass is 245 g/mol. The summed E-state index contributed by atoms with van der Waals surface area (Å²) in [4.78, 5) is 4.25. The van der Waals surface area contributed by atoms with Crippen LogP contribution in [-0.4, -0.2) is 22.3 Å². The van der Waals surface area contributed by atoms with Gasteiger partial charge in [0.25, 0.3) is 0 Å². The maximum atomic E-state index is 6.18. The fourth-order valence-corrected chi connectivity index (χ4v) is 2.08. The van der Waals surface area contributed by atoms with Crippen LogP contribution in [0.3, 0.4) is 0 Å². The maximum absolute atomic E-state index is 6.18. The Morgan fingerprint density at radius 1 is 1.39 bits per heavy atom. The van der Waals surface area contributed by atoms with Crippen molar-refractivity contribution in [1.29, 1.82) is 0 Å². The molecule has 1 aromatic heterocycles. The van der Waals surface area contributed by atoms with E-state index in [2.05, 4.69) is 4.98 Å². The molecule has 18 heavy (non-hydrogen) atoms. The Bertz CT molecular complexity index is 553. The van der Waals surface area contributed by atoms with Crippen molar-refractivity contribution in [3.05, 3.63) is 42.5 Å². The van der Waals surface area contributed by atoms with Gasteiger partial charge in [0.15, 0.2) is 17.6 Å². The number of benzene rings is 1. The lowest BCUT2D eigenvalue weighted by Crippen LogP contribution is -2.40. The van der Waals surface area contributed by atoms with Crippen LogP contribution in [0.25, 0.3) is 0 Å². The quantitative estimate of drug-likeness (QED) is 0.865. The largest absolute Gasteiger partial charge is 0.486 e. The van der Waals surface area contributed by atoms with Gasteiger partial charge in [0.1, 0.15) is 18.5 Å². The molecule has 2 aromatic rings. The summed E-state index contributed by atoms with van der Waals surface area (Å²) in [5.74, 6) is 2.29. The maximum Gasteiger partial charge on any atom is 0.161 e. The van der Waals surface area contributed by atoms with Crippen LogP contribution in [-0.2, 0) is 7.05 Å². The van der Waals surface area contributed by atoms with Crippen molar-refractivity contribution >= 4 is 0 Å². The molecule has 5 heteroatoms. The summed E-state index contributed by atoms with van der Waals surface area (Å²) in [7, 11) is 1.92. The van der Waals surface area contributed by atoms with Crippen LogP contribution in [0.2, 0.25) is 0 Å². The molecule has 0 fully saturated rings. The van der Waals surface area contributed by atoms with E-state index in [0.29, 0.717) is 6.61 Å². The SMILES string of the molecule is Cn1ccnc1C(N)C1COc2ccccc2O1. The number of aryl methyl sites for hydroxylation is 1. The lowest BCUT2D eigenvalue weighted by Gasteiger charge is -2.29. The minimum Gasteiger partial charge on any atom is -0.486 e. The standard InChI is InChI=1S/C13H15N3O2/c1-16-7-6-15-13(16)12(14)11-8-17-9-4-2-3-5-10(9)18-11/h2-7,11-12H,8,14H2,1H3. The third kappa shape index (κ3) is 1.82. The highest BCUT2D eigenvalue weighted by Gasteiger charge is 2.29. The molecule has 2 N–H and O–H groups in total. The van der Waals surface area contributed by atoms with Crippen molar-refractivity contribution in [1.82, 2.24) is 9.55 Å². The van der Waals surface area contributed by atoms with Gasteiger partial charge in [0, 0.05) is 19.4 Å². The summed E-state index contributed by atoms with van der Waals surface area (Å²) in [5, 5.41) is 0. The molecule has 2 atom stereocenters. The minimum absolute atomic E-state index is 0.221. The normalized spacial score (nSPS) is 19.6. The second kappa shape index (κ2) is 4.34. The highest BCUT2D eigenvalue weighted by molar-refractivity contribution is 5.40.